The third-order valence-corrected chi connectivity index (χ3v) is 3.40. The first kappa shape index (κ1) is 18.9. The van der Waals surface area contributed by atoms with Crippen molar-refractivity contribution in [3.63, 3.8) is 0 Å². The number of pyridine rings is 1. The van der Waals surface area contributed by atoms with Crippen LogP contribution in [0, 0.1) is 0 Å². The number of ether oxygens (including phenoxy) is 1. The summed E-state index contributed by atoms with van der Waals surface area (Å²) in [6.07, 6.45) is 1.41. The van der Waals surface area contributed by atoms with Crippen molar-refractivity contribution in [2.75, 3.05) is 11.9 Å². The minimum atomic E-state index is -0.943. The second-order valence-electron chi connectivity index (χ2n) is 5.22. The Morgan fingerprint density at radius 1 is 1.12 bits per heavy atom. The lowest BCUT2D eigenvalue weighted by Crippen LogP contribution is -2.18. The Hall–Kier alpha value is -3.48. The Bertz CT molecular complexity index is 859. The van der Waals surface area contributed by atoms with Gasteiger partial charge < -0.3 is 15.2 Å². The predicted octanol–water partition coefficient (Wildman–Crippen LogP) is 2.76. The summed E-state index contributed by atoms with van der Waals surface area (Å²) in [5.41, 5.74) is -0.0742. The molecule has 0 aliphatic heterocycles. The molecule has 1 aromatic carbocycles. The standard InChI is InChI=1S/C19H18N2O5/c1-3-26-19(25)15(12(2)22)16(23)14-10-7-11-20-17(14)21-18(24)13-8-5-4-6-9-13/h4-11,23H,3H2,1-2H3,(H,20,21,24)/b16-15-. The molecule has 0 fully saturated rings. The van der Waals surface area contributed by atoms with Gasteiger partial charge in [0.2, 0.25) is 0 Å². The highest BCUT2D eigenvalue weighted by atomic mass is 16.5. The molecule has 0 spiro atoms. The molecule has 0 aliphatic carbocycles. The van der Waals surface area contributed by atoms with Gasteiger partial charge in [-0.1, -0.05) is 18.2 Å². The Labute approximate surface area is 150 Å². The van der Waals surface area contributed by atoms with Crippen LogP contribution in [0.3, 0.4) is 0 Å². The molecule has 0 radical (unpaired) electrons. The quantitative estimate of drug-likeness (QED) is 0.272. The van der Waals surface area contributed by atoms with Crippen molar-refractivity contribution in [1.82, 2.24) is 4.98 Å². The van der Waals surface area contributed by atoms with Crippen molar-refractivity contribution in [3.8, 4) is 0 Å². The first-order valence-corrected chi connectivity index (χ1v) is 7.88. The van der Waals surface area contributed by atoms with Crippen molar-refractivity contribution in [3.05, 3.63) is 65.4 Å². The molecule has 0 saturated heterocycles. The normalized spacial score (nSPS) is 11.3. The van der Waals surface area contributed by atoms with E-state index in [1.807, 2.05) is 0 Å². The topological polar surface area (TPSA) is 106 Å². The highest BCUT2D eigenvalue weighted by molar-refractivity contribution is 6.21. The number of hydrogen-bond acceptors (Lipinski definition) is 6. The first-order chi connectivity index (χ1) is 12.5. The number of benzene rings is 1. The highest BCUT2D eigenvalue weighted by Crippen LogP contribution is 2.24. The molecular formula is C19H18N2O5. The summed E-state index contributed by atoms with van der Waals surface area (Å²) in [6, 6.07) is 11.4. The van der Waals surface area contributed by atoms with Crippen LogP contribution in [0.5, 0.6) is 0 Å². The van der Waals surface area contributed by atoms with E-state index in [2.05, 4.69) is 10.3 Å². The Kier molecular flexibility index (Phi) is 6.21. The molecule has 1 amide bonds. The Morgan fingerprint density at radius 2 is 1.81 bits per heavy atom. The molecule has 2 N–H and O–H groups in total. The van der Waals surface area contributed by atoms with Crippen molar-refractivity contribution in [2.24, 2.45) is 0 Å². The maximum absolute atomic E-state index is 12.3. The zero-order chi connectivity index (χ0) is 19.1. The van der Waals surface area contributed by atoms with E-state index in [1.165, 1.54) is 18.3 Å². The summed E-state index contributed by atoms with van der Waals surface area (Å²) in [5, 5.41) is 13.0. The molecule has 0 atom stereocenters. The predicted molar refractivity (Wildman–Crippen MR) is 95.5 cm³/mol. The van der Waals surface area contributed by atoms with Crippen LogP contribution in [0.25, 0.3) is 5.76 Å². The third-order valence-electron chi connectivity index (χ3n) is 3.40. The molecule has 7 heteroatoms. The summed E-state index contributed by atoms with van der Waals surface area (Å²) in [4.78, 5) is 40.1. The molecule has 26 heavy (non-hydrogen) atoms. The van der Waals surface area contributed by atoms with Gasteiger partial charge in [0.15, 0.2) is 5.78 Å². The van der Waals surface area contributed by atoms with Crippen LogP contribution in [0.15, 0.2) is 54.2 Å². The summed E-state index contributed by atoms with van der Waals surface area (Å²) >= 11 is 0. The summed E-state index contributed by atoms with van der Waals surface area (Å²) in [6.45, 7) is 2.77. The van der Waals surface area contributed by atoms with Gasteiger partial charge in [-0.3, -0.25) is 9.59 Å². The number of aliphatic hydroxyl groups excluding tert-OH is 1. The lowest BCUT2D eigenvalue weighted by Gasteiger charge is -2.12. The van der Waals surface area contributed by atoms with E-state index in [4.69, 9.17) is 4.74 Å². The molecular weight excluding hydrogens is 336 g/mol. The number of carbonyl (C=O) groups excluding carboxylic acids is 3. The van der Waals surface area contributed by atoms with Gasteiger partial charge in [-0.05, 0) is 38.1 Å². The molecule has 2 aromatic rings. The van der Waals surface area contributed by atoms with Gasteiger partial charge in [-0.15, -0.1) is 0 Å². The smallest absolute Gasteiger partial charge is 0.345 e. The van der Waals surface area contributed by atoms with Crippen LogP contribution in [-0.4, -0.2) is 34.4 Å². The number of esters is 1. The number of nitrogens with one attached hydrogen (secondary N) is 1. The number of nitrogens with zero attached hydrogens (tertiary/aromatic N) is 1. The summed E-state index contributed by atoms with van der Waals surface area (Å²) < 4.78 is 4.81. The molecule has 7 nitrogen and oxygen atoms in total. The first-order valence-electron chi connectivity index (χ1n) is 7.88. The third kappa shape index (κ3) is 4.32. The van der Waals surface area contributed by atoms with Crippen molar-refractivity contribution < 1.29 is 24.2 Å². The Balaban J connectivity index is 2.44. The van der Waals surface area contributed by atoms with E-state index >= 15 is 0 Å². The largest absolute Gasteiger partial charge is 0.506 e. The van der Waals surface area contributed by atoms with E-state index in [1.54, 1.807) is 37.3 Å². The number of ketones is 1. The minimum Gasteiger partial charge on any atom is -0.506 e. The van der Waals surface area contributed by atoms with Gasteiger partial charge in [-0.2, -0.15) is 0 Å². The van der Waals surface area contributed by atoms with Crippen LogP contribution in [-0.2, 0) is 14.3 Å². The number of aliphatic hydroxyl groups is 1. The van der Waals surface area contributed by atoms with E-state index in [-0.39, 0.29) is 18.0 Å². The minimum absolute atomic E-state index is 0.0156. The number of amides is 1. The van der Waals surface area contributed by atoms with E-state index in [9.17, 15) is 19.5 Å². The lowest BCUT2D eigenvalue weighted by molar-refractivity contribution is -0.139. The van der Waals surface area contributed by atoms with Crippen LogP contribution < -0.4 is 5.32 Å². The molecule has 1 aromatic heterocycles. The van der Waals surface area contributed by atoms with E-state index in [0.29, 0.717) is 5.56 Å². The van der Waals surface area contributed by atoms with Crippen LogP contribution in [0.2, 0.25) is 0 Å². The molecule has 0 aliphatic rings. The number of carbonyl (C=O) groups is 3. The number of aromatic nitrogens is 1. The van der Waals surface area contributed by atoms with Crippen LogP contribution >= 0.6 is 0 Å². The van der Waals surface area contributed by atoms with Gasteiger partial charge in [0.1, 0.15) is 17.2 Å². The number of rotatable bonds is 6. The second kappa shape index (κ2) is 8.57. The average molecular weight is 354 g/mol. The molecule has 134 valence electrons. The lowest BCUT2D eigenvalue weighted by atomic mass is 10.1. The number of anilines is 1. The van der Waals surface area contributed by atoms with Gasteiger partial charge in [0, 0.05) is 11.8 Å². The maximum Gasteiger partial charge on any atom is 0.345 e. The molecule has 0 saturated carbocycles. The van der Waals surface area contributed by atoms with Crippen molar-refractivity contribution in [1.29, 1.82) is 0 Å². The van der Waals surface area contributed by atoms with Gasteiger partial charge in [-0.25, -0.2) is 9.78 Å². The fourth-order valence-corrected chi connectivity index (χ4v) is 2.21. The maximum atomic E-state index is 12.3. The van der Waals surface area contributed by atoms with E-state index < -0.39 is 29.0 Å². The highest BCUT2D eigenvalue weighted by Gasteiger charge is 2.24. The van der Waals surface area contributed by atoms with Crippen LogP contribution in [0.4, 0.5) is 5.82 Å². The average Bonchev–Trinajstić information content (AvgIpc) is 2.62. The van der Waals surface area contributed by atoms with Crippen LogP contribution in [0.1, 0.15) is 29.8 Å². The van der Waals surface area contributed by atoms with Gasteiger partial charge >= 0.3 is 5.97 Å². The SMILES string of the molecule is CCOC(=O)/C(C(C)=O)=C(\O)c1cccnc1NC(=O)c1ccccc1. The summed E-state index contributed by atoms with van der Waals surface area (Å²) in [5.74, 6) is -2.64. The Morgan fingerprint density at radius 3 is 2.42 bits per heavy atom. The molecule has 2 rings (SSSR count). The second-order valence-corrected chi connectivity index (χ2v) is 5.22. The fourth-order valence-electron chi connectivity index (χ4n) is 2.21. The molecule has 1 heterocycles. The van der Waals surface area contributed by atoms with Gasteiger partial charge in [0.05, 0.1) is 12.2 Å². The van der Waals surface area contributed by atoms with Crippen molar-refractivity contribution in [2.45, 2.75) is 13.8 Å². The van der Waals surface area contributed by atoms with E-state index in [0.717, 1.165) is 6.92 Å². The fraction of sp³-hybridized carbons (Fsp3) is 0.158. The number of Topliss-reactive ketones (excluding diaryl/α,β-unsaturated/α-hetero) is 1. The monoisotopic (exact) mass is 354 g/mol. The van der Waals surface area contributed by atoms with Gasteiger partial charge in [0.25, 0.3) is 5.91 Å². The molecule has 0 unspecified atom stereocenters. The zero-order valence-corrected chi connectivity index (χ0v) is 14.4. The number of hydrogen-bond donors (Lipinski definition) is 2. The molecule has 0 bridgehead atoms. The zero-order valence-electron chi connectivity index (χ0n) is 14.4. The summed E-state index contributed by atoms with van der Waals surface area (Å²) in [7, 11) is 0. The van der Waals surface area contributed by atoms with Crippen molar-refractivity contribution >= 4 is 29.2 Å².